The maximum atomic E-state index is 13.0. The Balaban J connectivity index is 2.33. The van der Waals surface area contributed by atoms with Crippen molar-refractivity contribution in [2.45, 2.75) is 12.5 Å². The lowest BCUT2D eigenvalue weighted by atomic mass is 9.96. The molecule has 0 amide bonds. The number of hydrogen-bond acceptors (Lipinski definition) is 2. The molecule has 2 unspecified atom stereocenters. The Bertz CT molecular complexity index is 372. The highest BCUT2D eigenvalue weighted by molar-refractivity contribution is 5.23. The van der Waals surface area contributed by atoms with E-state index in [1.54, 1.807) is 0 Å². The lowest BCUT2D eigenvalue weighted by molar-refractivity contribution is 0.0714. The summed E-state index contributed by atoms with van der Waals surface area (Å²) in [5.74, 6) is -4.14. The summed E-state index contributed by atoms with van der Waals surface area (Å²) in [6.07, 6.45) is 0.0662. The highest BCUT2D eigenvalue weighted by atomic mass is 19.2. The van der Waals surface area contributed by atoms with E-state index in [2.05, 4.69) is 0 Å². The van der Waals surface area contributed by atoms with Gasteiger partial charge in [-0.3, -0.25) is 0 Å². The number of benzene rings is 1. The van der Waals surface area contributed by atoms with Gasteiger partial charge in [-0.15, -0.1) is 0 Å². The summed E-state index contributed by atoms with van der Waals surface area (Å²) < 4.78 is 44.0. The highest BCUT2D eigenvalue weighted by Gasteiger charge is 2.30. The Labute approximate surface area is 90.7 Å². The van der Waals surface area contributed by atoms with Gasteiger partial charge in [-0.05, 0) is 24.1 Å². The highest BCUT2D eigenvalue weighted by Crippen LogP contribution is 2.35. The fraction of sp³-hybridized carbons (Fsp3) is 0.455. The smallest absolute Gasteiger partial charge is 0.194 e. The summed E-state index contributed by atoms with van der Waals surface area (Å²) in [7, 11) is 0. The minimum Gasteiger partial charge on any atom is -0.396 e. The number of aliphatic hydroxyl groups excluding tert-OH is 1. The van der Waals surface area contributed by atoms with E-state index in [1.807, 2.05) is 0 Å². The molecule has 2 nitrogen and oxygen atoms in total. The van der Waals surface area contributed by atoms with Gasteiger partial charge in [0, 0.05) is 19.1 Å². The van der Waals surface area contributed by atoms with Gasteiger partial charge in [-0.2, -0.15) is 0 Å². The predicted octanol–water partition coefficient (Wildman–Crippen LogP) is 2.17. The van der Waals surface area contributed by atoms with E-state index in [1.165, 1.54) is 0 Å². The van der Waals surface area contributed by atoms with Crippen LogP contribution >= 0.6 is 0 Å². The average molecular weight is 232 g/mol. The first-order valence-corrected chi connectivity index (χ1v) is 5.00. The second kappa shape index (κ2) is 4.43. The largest absolute Gasteiger partial charge is 0.396 e. The molecule has 1 aliphatic heterocycles. The van der Waals surface area contributed by atoms with Gasteiger partial charge in [0.2, 0.25) is 0 Å². The topological polar surface area (TPSA) is 29.5 Å². The number of hydrogen-bond donors (Lipinski definition) is 1. The van der Waals surface area contributed by atoms with Crippen LogP contribution in [0.15, 0.2) is 12.1 Å². The van der Waals surface area contributed by atoms with Crippen molar-refractivity contribution >= 4 is 0 Å². The third-order valence-corrected chi connectivity index (χ3v) is 2.78. The molecule has 88 valence electrons. The standard InChI is InChI=1S/C11H11F3O2/c12-8-3-7(4-9(13)10(8)14)11-6(5-15)1-2-16-11/h3-4,6,11,15H,1-2,5H2. The Morgan fingerprint density at radius 1 is 1.25 bits per heavy atom. The van der Waals surface area contributed by atoms with Crippen LogP contribution in [0.4, 0.5) is 13.2 Å². The van der Waals surface area contributed by atoms with Crippen LogP contribution in [-0.2, 0) is 4.74 Å². The molecule has 1 aromatic rings. The molecule has 0 spiro atoms. The molecular formula is C11H11F3O2. The summed E-state index contributed by atoms with van der Waals surface area (Å²) in [6.45, 7) is 0.307. The Hall–Kier alpha value is -1.07. The van der Waals surface area contributed by atoms with Crippen LogP contribution in [0.3, 0.4) is 0 Å². The molecule has 5 heteroatoms. The van der Waals surface area contributed by atoms with Gasteiger partial charge in [0.25, 0.3) is 0 Å². The van der Waals surface area contributed by atoms with Crippen LogP contribution in [0, 0.1) is 23.4 Å². The monoisotopic (exact) mass is 232 g/mol. The van der Waals surface area contributed by atoms with Crippen LogP contribution in [0.5, 0.6) is 0 Å². The molecule has 1 aliphatic rings. The zero-order valence-electron chi connectivity index (χ0n) is 8.42. The molecule has 0 bridgehead atoms. The second-order valence-electron chi connectivity index (χ2n) is 3.82. The molecular weight excluding hydrogens is 221 g/mol. The maximum Gasteiger partial charge on any atom is 0.194 e. The van der Waals surface area contributed by atoms with Crippen LogP contribution < -0.4 is 0 Å². The first kappa shape index (κ1) is 11.4. The van der Waals surface area contributed by atoms with Crippen molar-refractivity contribution in [2.24, 2.45) is 5.92 Å². The van der Waals surface area contributed by atoms with Crippen molar-refractivity contribution in [3.63, 3.8) is 0 Å². The third kappa shape index (κ3) is 1.92. The van der Waals surface area contributed by atoms with Gasteiger partial charge in [-0.1, -0.05) is 0 Å². The van der Waals surface area contributed by atoms with Crippen molar-refractivity contribution in [1.29, 1.82) is 0 Å². The minimum atomic E-state index is -1.48. The van der Waals surface area contributed by atoms with Crippen molar-refractivity contribution in [3.05, 3.63) is 35.1 Å². The molecule has 0 aromatic heterocycles. The van der Waals surface area contributed by atoms with Crippen LogP contribution in [0.25, 0.3) is 0 Å². The quantitative estimate of drug-likeness (QED) is 0.792. The summed E-state index contributed by atoms with van der Waals surface area (Å²) in [6, 6.07) is 1.83. The molecule has 1 aromatic carbocycles. The number of aliphatic hydroxyl groups is 1. The Morgan fingerprint density at radius 2 is 1.88 bits per heavy atom. The van der Waals surface area contributed by atoms with Gasteiger partial charge in [0.15, 0.2) is 17.5 Å². The molecule has 1 fully saturated rings. The lowest BCUT2D eigenvalue weighted by Gasteiger charge is -2.17. The van der Waals surface area contributed by atoms with E-state index in [9.17, 15) is 13.2 Å². The SMILES string of the molecule is OCC1CCOC1c1cc(F)c(F)c(F)c1. The number of rotatable bonds is 2. The van der Waals surface area contributed by atoms with E-state index in [0.29, 0.717) is 13.0 Å². The zero-order chi connectivity index (χ0) is 11.7. The maximum absolute atomic E-state index is 13.0. The summed E-state index contributed by atoms with van der Waals surface area (Å²) in [5, 5.41) is 9.05. The van der Waals surface area contributed by atoms with Gasteiger partial charge >= 0.3 is 0 Å². The first-order chi connectivity index (χ1) is 7.63. The van der Waals surface area contributed by atoms with Gasteiger partial charge in [0.05, 0.1) is 6.10 Å². The van der Waals surface area contributed by atoms with Crippen molar-refractivity contribution in [2.75, 3.05) is 13.2 Å². The van der Waals surface area contributed by atoms with Gasteiger partial charge in [-0.25, -0.2) is 13.2 Å². The summed E-state index contributed by atoms with van der Waals surface area (Å²) in [4.78, 5) is 0. The Kier molecular flexibility index (Phi) is 3.16. The van der Waals surface area contributed by atoms with Crippen LogP contribution in [0.1, 0.15) is 18.1 Å². The third-order valence-electron chi connectivity index (χ3n) is 2.78. The normalized spacial score (nSPS) is 25.0. The number of ether oxygens (including phenoxy) is 1. The molecule has 1 saturated heterocycles. The molecule has 16 heavy (non-hydrogen) atoms. The molecule has 0 aliphatic carbocycles. The van der Waals surface area contributed by atoms with Crippen molar-refractivity contribution in [3.8, 4) is 0 Å². The van der Waals surface area contributed by atoms with E-state index in [4.69, 9.17) is 9.84 Å². The average Bonchev–Trinajstić information content (AvgIpc) is 2.73. The van der Waals surface area contributed by atoms with Crippen molar-refractivity contribution in [1.82, 2.24) is 0 Å². The van der Waals surface area contributed by atoms with Gasteiger partial charge in [0.1, 0.15) is 0 Å². The second-order valence-corrected chi connectivity index (χ2v) is 3.82. The summed E-state index contributed by atoms with van der Waals surface area (Å²) in [5.41, 5.74) is 0.230. The zero-order valence-corrected chi connectivity index (χ0v) is 8.42. The van der Waals surface area contributed by atoms with Crippen molar-refractivity contribution < 1.29 is 23.0 Å². The molecule has 2 rings (SSSR count). The lowest BCUT2D eigenvalue weighted by Crippen LogP contribution is -2.12. The molecule has 1 N–H and O–H groups in total. The molecule has 2 atom stereocenters. The Morgan fingerprint density at radius 3 is 2.44 bits per heavy atom. The minimum absolute atomic E-state index is 0.120. The molecule has 1 heterocycles. The van der Waals surface area contributed by atoms with E-state index < -0.39 is 23.6 Å². The number of halogens is 3. The fourth-order valence-electron chi connectivity index (χ4n) is 1.93. The van der Waals surface area contributed by atoms with E-state index in [-0.39, 0.29) is 18.1 Å². The van der Waals surface area contributed by atoms with Crippen LogP contribution in [0.2, 0.25) is 0 Å². The first-order valence-electron chi connectivity index (χ1n) is 5.00. The summed E-state index contributed by atoms with van der Waals surface area (Å²) >= 11 is 0. The van der Waals surface area contributed by atoms with E-state index in [0.717, 1.165) is 12.1 Å². The fourth-order valence-corrected chi connectivity index (χ4v) is 1.93. The molecule has 0 radical (unpaired) electrons. The van der Waals surface area contributed by atoms with E-state index >= 15 is 0 Å². The predicted molar refractivity (Wildman–Crippen MR) is 50.2 cm³/mol. The molecule has 0 saturated carbocycles. The van der Waals surface area contributed by atoms with Crippen LogP contribution in [-0.4, -0.2) is 18.3 Å². The van der Waals surface area contributed by atoms with Gasteiger partial charge < -0.3 is 9.84 Å².